The minimum Gasteiger partial charge on any atom is -0.388 e. The topological polar surface area (TPSA) is 118 Å². The van der Waals surface area contributed by atoms with Gasteiger partial charge in [-0.3, -0.25) is 9.59 Å². The predicted octanol–water partition coefficient (Wildman–Crippen LogP) is -0.753. The fourth-order valence-electron chi connectivity index (χ4n) is 2.49. The summed E-state index contributed by atoms with van der Waals surface area (Å²) in [6.45, 7) is 2.27. The molecular weight excluding hydrogens is 234 g/mol. The lowest BCUT2D eigenvalue weighted by Gasteiger charge is -2.35. The van der Waals surface area contributed by atoms with Crippen molar-refractivity contribution in [3.05, 3.63) is 0 Å². The normalized spacial score (nSPS) is 29.6. The highest BCUT2D eigenvalue weighted by molar-refractivity contribution is 5.87. The van der Waals surface area contributed by atoms with Crippen molar-refractivity contribution in [2.75, 3.05) is 6.54 Å². The van der Waals surface area contributed by atoms with Gasteiger partial charge in [-0.15, -0.1) is 0 Å². The second kappa shape index (κ2) is 6.15. The molecule has 0 aliphatic heterocycles. The Morgan fingerprint density at radius 3 is 2.78 bits per heavy atom. The van der Waals surface area contributed by atoms with Gasteiger partial charge in [0.1, 0.15) is 0 Å². The minimum absolute atomic E-state index is 0.180. The van der Waals surface area contributed by atoms with Gasteiger partial charge < -0.3 is 21.9 Å². The Bertz CT molecular complexity index is 322. The molecule has 1 saturated carbocycles. The zero-order chi connectivity index (χ0) is 13.8. The van der Waals surface area contributed by atoms with Crippen LogP contribution in [0.4, 0.5) is 0 Å². The van der Waals surface area contributed by atoms with Crippen LogP contribution in [0, 0.1) is 5.92 Å². The third-order valence-electron chi connectivity index (χ3n) is 3.42. The van der Waals surface area contributed by atoms with Gasteiger partial charge in [0.15, 0.2) is 0 Å². The van der Waals surface area contributed by atoms with Crippen LogP contribution in [0.5, 0.6) is 0 Å². The average Bonchev–Trinajstić information content (AvgIpc) is 2.24. The van der Waals surface area contributed by atoms with Crippen molar-refractivity contribution in [2.24, 2.45) is 17.4 Å². The third-order valence-corrected chi connectivity index (χ3v) is 3.42. The Hall–Kier alpha value is -1.14. The van der Waals surface area contributed by atoms with Crippen LogP contribution >= 0.6 is 0 Å². The van der Waals surface area contributed by atoms with E-state index < -0.39 is 23.5 Å². The summed E-state index contributed by atoms with van der Waals surface area (Å²) in [6.07, 6.45) is 3.25. The summed E-state index contributed by atoms with van der Waals surface area (Å²) >= 11 is 0. The first-order chi connectivity index (χ1) is 8.32. The molecule has 1 rings (SSSR count). The quantitative estimate of drug-likeness (QED) is 0.518. The standard InChI is InChI=1S/C12H23N3O3/c1-8-3-2-4-12(18,6-8)7-15-11(17)9(13)5-10(14)16/h8-9,18H,2-7,13H2,1H3,(H2,14,16)(H,15,17). The number of rotatable bonds is 5. The first-order valence-electron chi connectivity index (χ1n) is 6.36. The number of hydrogen-bond donors (Lipinski definition) is 4. The first kappa shape index (κ1) is 14.9. The van der Waals surface area contributed by atoms with Crippen molar-refractivity contribution in [3.8, 4) is 0 Å². The monoisotopic (exact) mass is 257 g/mol. The van der Waals surface area contributed by atoms with E-state index in [1.54, 1.807) is 0 Å². The fraction of sp³-hybridized carbons (Fsp3) is 0.833. The molecule has 0 radical (unpaired) electrons. The van der Waals surface area contributed by atoms with Gasteiger partial charge in [-0.2, -0.15) is 0 Å². The van der Waals surface area contributed by atoms with Gasteiger partial charge in [0, 0.05) is 6.54 Å². The summed E-state index contributed by atoms with van der Waals surface area (Å²) in [5.41, 5.74) is 9.63. The average molecular weight is 257 g/mol. The summed E-state index contributed by atoms with van der Waals surface area (Å²) < 4.78 is 0. The zero-order valence-electron chi connectivity index (χ0n) is 10.8. The molecular formula is C12H23N3O3. The predicted molar refractivity (Wildman–Crippen MR) is 67.4 cm³/mol. The van der Waals surface area contributed by atoms with Crippen LogP contribution in [-0.4, -0.2) is 35.1 Å². The molecule has 18 heavy (non-hydrogen) atoms. The molecule has 6 N–H and O–H groups in total. The molecule has 1 aliphatic carbocycles. The van der Waals surface area contributed by atoms with Crippen molar-refractivity contribution in [2.45, 2.75) is 50.7 Å². The molecule has 6 nitrogen and oxygen atoms in total. The van der Waals surface area contributed by atoms with E-state index >= 15 is 0 Å². The molecule has 0 aromatic heterocycles. The number of aliphatic hydroxyl groups is 1. The molecule has 104 valence electrons. The van der Waals surface area contributed by atoms with Gasteiger partial charge >= 0.3 is 0 Å². The maximum atomic E-state index is 11.6. The van der Waals surface area contributed by atoms with Gasteiger partial charge in [0.05, 0.1) is 18.1 Å². The molecule has 3 atom stereocenters. The van der Waals surface area contributed by atoms with Crippen molar-refractivity contribution in [1.29, 1.82) is 0 Å². The van der Waals surface area contributed by atoms with E-state index in [9.17, 15) is 14.7 Å². The van der Waals surface area contributed by atoms with E-state index in [1.165, 1.54) is 0 Å². The summed E-state index contributed by atoms with van der Waals surface area (Å²) in [7, 11) is 0. The molecule has 0 spiro atoms. The second-order valence-corrected chi connectivity index (χ2v) is 5.42. The molecule has 0 aromatic rings. The third kappa shape index (κ3) is 4.62. The largest absolute Gasteiger partial charge is 0.388 e. The summed E-state index contributed by atoms with van der Waals surface area (Å²) in [6, 6.07) is -0.938. The Morgan fingerprint density at radius 2 is 2.22 bits per heavy atom. The number of carbonyl (C=O) groups excluding carboxylic acids is 2. The van der Waals surface area contributed by atoms with Crippen LogP contribution in [-0.2, 0) is 9.59 Å². The van der Waals surface area contributed by atoms with Gasteiger partial charge in [-0.1, -0.05) is 19.8 Å². The van der Waals surface area contributed by atoms with Gasteiger partial charge in [0.25, 0.3) is 0 Å². The van der Waals surface area contributed by atoms with Crippen molar-refractivity contribution < 1.29 is 14.7 Å². The van der Waals surface area contributed by atoms with Crippen LogP contribution in [0.15, 0.2) is 0 Å². The molecule has 0 saturated heterocycles. The van der Waals surface area contributed by atoms with Crippen LogP contribution in [0.2, 0.25) is 0 Å². The number of primary amides is 1. The second-order valence-electron chi connectivity index (χ2n) is 5.42. The summed E-state index contributed by atoms with van der Waals surface area (Å²) in [5.74, 6) is -0.594. The Morgan fingerprint density at radius 1 is 1.56 bits per heavy atom. The summed E-state index contributed by atoms with van der Waals surface area (Å²) in [4.78, 5) is 22.2. The summed E-state index contributed by atoms with van der Waals surface area (Å²) in [5, 5.41) is 12.9. The van der Waals surface area contributed by atoms with Crippen LogP contribution in [0.3, 0.4) is 0 Å². The molecule has 0 aromatic carbocycles. The molecule has 3 unspecified atom stereocenters. The zero-order valence-corrected chi connectivity index (χ0v) is 10.8. The highest BCUT2D eigenvalue weighted by Gasteiger charge is 2.33. The lowest BCUT2D eigenvalue weighted by Crippen LogP contribution is -2.50. The molecule has 1 fully saturated rings. The van der Waals surface area contributed by atoms with E-state index in [2.05, 4.69) is 12.2 Å². The van der Waals surface area contributed by atoms with E-state index in [0.29, 0.717) is 18.8 Å². The van der Waals surface area contributed by atoms with Crippen molar-refractivity contribution in [1.82, 2.24) is 5.32 Å². The van der Waals surface area contributed by atoms with Crippen LogP contribution < -0.4 is 16.8 Å². The fourth-order valence-corrected chi connectivity index (χ4v) is 2.49. The van der Waals surface area contributed by atoms with E-state index in [1.807, 2.05) is 0 Å². The smallest absolute Gasteiger partial charge is 0.237 e. The van der Waals surface area contributed by atoms with Crippen molar-refractivity contribution >= 4 is 11.8 Å². The highest BCUT2D eigenvalue weighted by Crippen LogP contribution is 2.31. The Kier molecular flexibility index (Phi) is 5.10. The highest BCUT2D eigenvalue weighted by atomic mass is 16.3. The molecule has 0 bridgehead atoms. The maximum Gasteiger partial charge on any atom is 0.237 e. The molecule has 6 heteroatoms. The lowest BCUT2D eigenvalue weighted by molar-refractivity contribution is -0.127. The molecule has 0 heterocycles. The lowest BCUT2D eigenvalue weighted by atomic mass is 9.79. The van der Waals surface area contributed by atoms with Crippen LogP contribution in [0.1, 0.15) is 39.0 Å². The number of carbonyl (C=O) groups is 2. The van der Waals surface area contributed by atoms with Gasteiger partial charge in [-0.25, -0.2) is 0 Å². The number of nitrogens with two attached hydrogens (primary N) is 2. The van der Waals surface area contributed by atoms with E-state index in [4.69, 9.17) is 11.5 Å². The van der Waals surface area contributed by atoms with Gasteiger partial charge in [0.2, 0.25) is 11.8 Å². The Labute approximate surface area is 107 Å². The Balaban J connectivity index is 2.39. The van der Waals surface area contributed by atoms with E-state index in [0.717, 1.165) is 12.8 Å². The SMILES string of the molecule is CC1CCCC(O)(CNC(=O)C(N)CC(N)=O)C1. The van der Waals surface area contributed by atoms with Crippen molar-refractivity contribution in [3.63, 3.8) is 0 Å². The number of amides is 2. The number of nitrogens with one attached hydrogen (secondary N) is 1. The minimum atomic E-state index is -0.938. The maximum absolute atomic E-state index is 11.6. The molecule has 2 amide bonds. The first-order valence-corrected chi connectivity index (χ1v) is 6.36. The van der Waals surface area contributed by atoms with Crippen LogP contribution in [0.25, 0.3) is 0 Å². The number of hydrogen-bond acceptors (Lipinski definition) is 4. The molecule has 1 aliphatic rings. The van der Waals surface area contributed by atoms with Gasteiger partial charge in [-0.05, 0) is 18.8 Å². The van der Waals surface area contributed by atoms with E-state index in [-0.39, 0.29) is 13.0 Å².